The summed E-state index contributed by atoms with van der Waals surface area (Å²) in [4.78, 5) is 0. The predicted octanol–water partition coefficient (Wildman–Crippen LogP) is 4.40. The molecule has 0 saturated heterocycles. The normalized spacial score (nSPS) is 10.7. The highest BCUT2D eigenvalue weighted by Gasteiger charge is 2.12. The zero-order chi connectivity index (χ0) is 17.5. The molecule has 0 amide bonds. The SMILES string of the molecule is COc1cc(C=NNc2ccc(C#N)cc2)cc(I)c1OC(C)C. The number of nitriles is 1. The molecule has 0 aromatic heterocycles. The first-order chi connectivity index (χ1) is 11.5. The molecule has 0 heterocycles. The summed E-state index contributed by atoms with van der Waals surface area (Å²) in [6, 6.07) is 13.0. The Labute approximate surface area is 155 Å². The number of hydrogen-bond acceptors (Lipinski definition) is 5. The van der Waals surface area contributed by atoms with Crippen molar-refractivity contribution in [1.29, 1.82) is 5.26 Å². The second-order valence-electron chi connectivity index (χ2n) is 5.26. The molecule has 2 aromatic carbocycles. The van der Waals surface area contributed by atoms with E-state index in [9.17, 15) is 0 Å². The number of rotatable bonds is 6. The third-order valence-corrected chi connectivity index (χ3v) is 3.83. The number of halogens is 1. The van der Waals surface area contributed by atoms with Crippen molar-refractivity contribution in [3.05, 3.63) is 51.1 Å². The number of nitrogens with one attached hydrogen (secondary N) is 1. The molecule has 2 rings (SSSR count). The topological polar surface area (TPSA) is 66.6 Å². The molecule has 0 spiro atoms. The van der Waals surface area contributed by atoms with Crippen LogP contribution >= 0.6 is 22.6 Å². The van der Waals surface area contributed by atoms with Crippen LogP contribution in [0.5, 0.6) is 11.5 Å². The second-order valence-corrected chi connectivity index (χ2v) is 6.42. The van der Waals surface area contributed by atoms with Gasteiger partial charge in [-0.05, 0) is 78.4 Å². The van der Waals surface area contributed by atoms with Crippen molar-refractivity contribution in [3.63, 3.8) is 0 Å². The Morgan fingerprint density at radius 3 is 2.54 bits per heavy atom. The maximum atomic E-state index is 8.78. The van der Waals surface area contributed by atoms with Gasteiger partial charge in [0.25, 0.3) is 0 Å². The van der Waals surface area contributed by atoms with Gasteiger partial charge in [-0.2, -0.15) is 10.4 Å². The number of methoxy groups -OCH3 is 1. The summed E-state index contributed by atoms with van der Waals surface area (Å²) in [6.45, 7) is 3.96. The lowest BCUT2D eigenvalue weighted by molar-refractivity contribution is 0.228. The molecule has 1 N–H and O–H groups in total. The van der Waals surface area contributed by atoms with Crippen molar-refractivity contribution in [2.45, 2.75) is 20.0 Å². The van der Waals surface area contributed by atoms with Crippen molar-refractivity contribution < 1.29 is 9.47 Å². The van der Waals surface area contributed by atoms with E-state index in [1.54, 1.807) is 37.6 Å². The summed E-state index contributed by atoms with van der Waals surface area (Å²) in [5, 5.41) is 13.0. The minimum Gasteiger partial charge on any atom is -0.493 e. The van der Waals surface area contributed by atoms with Gasteiger partial charge in [0.05, 0.1) is 40.3 Å². The maximum absolute atomic E-state index is 8.78. The molecular weight excluding hydrogens is 417 g/mol. The molecule has 24 heavy (non-hydrogen) atoms. The third-order valence-electron chi connectivity index (χ3n) is 3.03. The molecule has 0 atom stereocenters. The Balaban J connectivity index is 2.14. The van der Waals surface area contributed by atoms with E-state index in [0.29, 0.717) is 11.3 Å². The Morgan fingerprint density at radius 2 is 1.96 bits per heavy atom. The molecule has 0 fully saturated rings. The van der Waals surface area contributed by atoms with E-state index in [1.807, 2.05) is 26.0 Å². The van der Waals surface area contributed by atoms with E-state index in [2.05, 4.69) is 39.2 Å². The van der Waals surface area contributed by atoms with Crippen molar-refractivity contribution in [2.75, 3.05) is 12.5 Å². The van der Waals surface area contributed by atoms with Crippen LogP contribution in [0, 0.1) is 14.9 Å². The van der Waals surface area contributed by atoms with Gasteiger partial charge in [0.15, 0.2) is 11.5 Å². The highest BCUT2D eigenvalue weighted by atomic mass is 127. The summed E-state index contributed by atoms with van der Waals surface area (Å²) in [5.74, 6) is 1.42. The summed E-state index contributed by atoms with van der Waals surface area (Å²) < 4.78 is 12.2. The monoisotopic (exact) mass is 435 g/mol. The lowest BCUT2D eigenvalue weighted by atomic mass is 10.2. The quantitative estimate of drug-likeness (QED) is 0.415. The molecule has 0 radical (unpaired) electrons. The lowest BCUT2D eigenvalue weighted by Gasteiger charge is -2.15. The summed E-state index contributed by atoms with van der Waals surface area (Å²) in [7, 11) is 1.62. The smallest absolute Gasteiger partial charge is 0.174 e. The average molecular weight is 435 g/mol. The fraction of sp³-hybridized carbons (Fsp3) is 0.222. The number of benzene rings is 2. The van der Waals surface area contributed by atoms with Gasteiger partial charge < -0.3 is 9.47 Å². The first-order valence-corrected chi connectivity index (χ1v) is 8.44. The van der Waals surface area contributed by atoms with Crippen LogP contribution in [0.15, 0.2) is 41.5 Å². The largest absolute Gasteiger partial charge is 0.493 e. The molecule has 0 aliphatic heterocycles. The van der Waals surface area contributed by atoms with Gasteiger partial charge in [-0.1, -0.05) is 0 Å². The number of nitrogens with zero attached hydrogens (tertiary/aromatic N) is 2. The summed E-state index contributed by atoms with van der Waals surface area (Å²) in [5.41, 5.74) is 5.26. The Hall–Kier alpha value is -2.27. The van der Waals surface area contributed by atoms with E-state index < -0.39 is 0 Å². The molecule has 124 valence electrons. The van der Waals surface area contributed by atoms with E-state index in [4.69, 9.17) is 14.7 Å². The molecule has 0 aliphatic rings. The van der Waals surface area contributed by atoms with Crippen LogP contribution in [0.25, 0.3) is 0 Å². The molecule has 0 unspecified atom stereocenters. The van der Waals surface area contributed by atoms with E-state index in [1.165, 1.54) is 0 Å². The fourth-order valence-electron chi connectivity index (χ4n) is 1.97. The Bertz CT molecular complexity index is 765. The van der Waals surface area contributed by atoms with E-state index in [-0.39, 0.29) is 6.10 Å². The van der Waals surface area contributed by atoms with Crippen LogP contribution in [0.2, 0.25) is 0 Å². The van der Waals surface area contributed by atoms with Crippen molar-refractivity contribution in [1.82, 2.24) is 0 Å². The molecule has 0 aliphatic carbocycles. The average Bonchev–Trinajstić information content (AvgIpc) is 2.57. The first kappa shape index (κ1) is 18.1. The van der Waals surface area contributed by atoms with Crippen molar-refractivity contribution >= 4 is 34.5 Å². The van der Waals surface area contributed by atoms with Crippen molar-refractivity contribution in [3.8, 4) is 17.6 Å². The van der Waals surface area contributed by atoms with Crippen LogP contribution in [-0.4, -0.2) is 19.4 Å². The maximum Gasteiger partial charge on any atom is 0.174 e. The van der Waals surface area contributed by atoms with Crippen molar-refractivity contribution in [2.24, 2.45) is 5.10 Å². The van der Waals surface area contributed by atoms with Gasteiger partial charge in [0.2, 0.25) is 0 Å². The molecular formula is C18H18IN3O2. The standard InChI is InChI=1S/C18H18IN3O2/c1-12(2)24-18-16(19)8-14(9-17(18)23-3)11-21-22-15-6-4-13(10-20)5-7-15/h4-9,11-12,22H,1-3H3. The number of anilines is 1. The van der Waals surface area contributed by atoms with Gasteiger partial charge >= 0.3 is 0 Å². The number of ether oxygens (including phenoxy) is 2. The van der Waals surface area contributed by atoms with Crippen LogP contribution in [-0.2, 0) is 0 Å². The van der Waals surface area contributed by atoms with Crippen LogP contribution in [0.3, 0.4) is 0 Å². The molecule has 0 saturated carbocycles. The minimum atomic E-state index is 0.0741. The third kappa shape index (κ3) is 4.86. The fourth-order valence-corrected chi connectivity index (χ4v) is 2.72. The summed E-state index contributed by atoms with van der Waals surface area (Å²) >= 11 is 2.22. The van der Waals surface area contributed by atoms with Gasteiger partial charge in [-0.15, -0.1) is 0 Å². The Morgan fingerprint density at radius 1 is 1.25 bits per heavy atom. The summed E-state index contributed by atoms with van der Waals surface area (Å²) in [6.07, 6.45) is 1.78. The lowest BCUT2D eigenvalue weighted by Crippen LogP contribution is -2.08. The number of hydrogen-bond donors (Lipinski definition) is 1. The zero-order valence-corrected chi connectivity index (χ0v) is 15.9. The van der Waals surface area contributed by atoms with E-state index >= 15 is 0 Å². The van der Waals surface area contributed by atoms with Crippen LogP contribution in [0.1, 0.15) is 25.0 Å². The zero-order valence-electron chi connectivity index (χ0n) is 13.7. The Kier molecular flexibility index (Phi) is 6.44. The van der Waals surface area contributed by atoms with Gasteiger partial charge in [-0.25, -0.2) is 0 Å². The van der Waals surface area contributed by atoms with E-state index in [0.717, 1.165) is 20.6 Å². The van der Waals surface area contributed by atoms with Gasteiger partial charge in [-0.3, -0.25) is 5.43 Å². The first-order valence-electron chi connectivity index (χ1n) is 7.37. The molecule has 0 bridgehead atoms. The molecule has 6 heteroatoms. The van der Waals surface area contributed by atoms with Gasteiger partial charge in [0, 0.05) is 0 Å². The number of hydrazone groups is 1. The minimum absolute atomic E-state index is 0.0741. The van der Waals surface area contributed by atoms with Gasteiger partial charge in [0.1, 0.15) is 0 Å². The highest BCUT2D eigenvalue weighted by molar-refractivity contribution is 14.1. The second kappa shape index (κ2) is 8.55. The van der Waals surface area contributed by atoms with Crippen LogP contribution < -0.4 is 14.9 Å². The molecule has 2 aromatic rings. The van der Waals surface area contributed by atoms with Crippen LogP contribution in [0.4, 0.5) is 5.69 Å². The molecule has 5 nitrogen and oxygen atoms in total. The predicted molar refractivity (Wildman–Crippen MR) is 104 cm³/mol. The highest BCUT2D eigenvalue weighted by Crippen LogP contribution is 2.34.